The molecule has 0 fully saturated rings. The van der Waals surface area contributed by atoms with Crippen LogP contribution in [0.25, 0.3) is 0 Å². The average Bonchev–Trinajstić information content (AvgIpc) is 2.88. The second-order valence-electron chi connectivity index (χ2n) is 7.70. The van der Waals surface area contributed by atoms with Crippen molar-refractivity contribution >= 4 is 42.6 Å². The van der Waals surface area contributed by atoms with Gasteiger partial charge in [-0.3, -0.25) is 30.0 Å². The lowest BCUT2D eigenvalue weighted by Gasteiger charge is -2.21. The minimum absolute atomic E-state index is 0.00139. The van der Waals surface area contributed by atoms with E-state index in [0.29, 0.717) is 15.2 Å². The molecule has 0 saturated heterocycles. The van der Waals surface area contributed by atoms with Crippen molar-refractivity contribution in [2.24, 2.45) is 0 Å². The summed E-state index contributed by atoms with van der Waals surface area (Å²) in [6, 6.07) is 15.9. The van der Waals surface area contributed by atoms with Crippen LogP contribution in [0.4, 0.5) is 17.1 Å². The third-order valence-corrected chi connectivity index (χ3v) is 6.09. The van der Waals surface area contributed by atoms with Crippen molar-refractivity contribution in [3.8, 4) is 17.2 Å². The maximum Gasteiger partial charge on any atom is 0.647 e. The topological polar surface area (TPSA) is 166 Å². The van der Waals surface area contributed by atoms with Crippen molar-refractivity contribution in [2.75, 3.05) is 15.2 Å². The lowest BCUT2D eigenvalue weighted by Crippen LogP contribution is -2.23. The summed E-state index contributed by atoms with van der Waals surface area (Å²) in [5, 5.41) is 30.5. The van der Waals surface area contributed by atoms with E-state index in [1.54, 1.807) is 0 Å². The van der Waals surface area contributed by atoms with Gasteiger partial charge in [0.2, 0.25) is 17.7 Å². The van der Waals surface area contributed by atoms with Crippen molar-refractivity contribution in [3.63, 3.8) is 0 Å². The number of carbonyl (C=O) groups excluding carboxylic acids is 3. The van der Waals surface area contributed by atoms with Gasteiger partial charge >= 0.3 is 7.82 Å². The van der Waals surface area contributed by atoms with Gasteiger partial charge in [-0.05, 0) is 72.8 Å². The molecule has 3 rings (SSSR count). The predicted octanol–water partition coefficient (Wildman–Crippen LogP) is 4.56. The van der Waals surface area contributed by atoms with Crippen LogP contribution in [-0.2, 0) is 18.9 Å². The molecule has 0 unspecified atom stereocenters. The highest BCUT2D eigenvalue weighted by atomic mass is 31.2. The van der Waals surface area contributed by atoms with E-state index in [1.807, 2.05) is 0 Å². The molecule has 0 heterocycles. The monoisotopic (exact) mass is 545 g/mol. The van der Waals surface area contributed by atoms with Gasteiger partial charge in [0.05, 0.1) is 17.1 Å². The largest absolute Gasteiger partial charge is 0.647 e. The van der Waals surface area contributed by atoms with Gasteiger partial charge in [0.1, 0.15) is 17.2 Å². The molecule has 0 atom stereocenters. The summed E-state index contributed by atoms with van der Waals surface area (Å²) < 4.78 is 30.3. The zero-order chi connectivity index (χ0) is 28.0. The molecule has 14 heteroatoms. The molecular formula is C24H24N3O10P. The Morgan fingerprint density at radius 1 is 0.526 bits per heavy atom. The second-order valence-corrected chi connectivity index (χ2v) is 9.14. The molecule has 3 amide bonds. The number of phosphoric ester groups is 1. The molecule has 3 aromatic rings. The fourth-order valence-corrected chi connectivity index (χ4v) is 4.18. The molecule has 0 aliphatic heterocycles. The van der Waals surface area contributed by atoms with Gasteiger partial charge in [0.15, 0.2) is 0 Å². The van der Waals surface area contributed by atoms with Crippen molar-refractivity contribution < 1.29 is 48.1 Å². The number of hydroxylamine groups is 3. The zero-order valence-corrected chi connectivity index (χ0v) is 21.3. The standard InChI is InChI=1S/C24H24N3O10P/c1-16(28)25(31)19-4-10-22(11-5-19)35-38(34,36-23-12-6-20(7-13-23)26(32)17(2)29)37-24-14-8-21(9-15-24)27(33)18(3)30/h4-15,31-33H,1-3H3. The molecule has 0 aromatic heterocycles. The Kier molecular flexibility index (Phi) is 8.71. The van der Waals surface area contributed by atoms with E-state index < -0.39 is 25.5 Å². The third kappa shape index (κ3) is 7.08. The molecule has 0 aliphatic carbocycles. The summed E-state index contributed by atoms with van der Waals surface area (Å²) in [5.41, 5.74) is 0.391. The quantitative estimate of drug-likeness (QED) is 0.197. The summed E-state index contributed by atoms with van der Waals surface area (Å²) in [4.78, 5) is 34.1. The minimum Gasteiger partial charge on any atom is -0.386 e. The van der Waals surface area contributed by atoms with E-state index >= 15 is 0 Å². The fourth-order valence-electron chi connectivity index (χ4n) is 2.93. The number of benzene rings is 3. The summed E-state index contributed by atoms with van der Waals surface area (Å²) in [6.07, 6.45) is 0. The van der Waals surface area contributed by atoms with Gasteiger partial charge in [0.25, 0.3) is 0 Å². The Morgan fingerprint density at radius 2 is 0.737 bits per heavy atom. The minimum atomic E-state index is -4.49. The molecule has 13 nitrogen and oxygen atoms in total. The van der Waals surface area contributed by atoms with Gasteiger partial charge in [-0.1, -0.05) is 0 Å². The van der Waals surface area contributed by atoms with E-state index in [1.165, 1.54) is 72.8 Å². The average molecular weight is 545 g/mol. The van der Waals surface area contributed by atoms with Crippen molar-refractivity contribution in [3.05, 3.63) is 72.8 Å². The number of carbonyl (C=O) groups is 3. The first-order valence-electron chi connectivity index (χ1n) is 10.9. The lowest BCUT2D eigenvalue weighted by molar-refractivity contribution is -0.122. The number of hydrogen-bond donors (Lipinski definition) is 3. The number of rotatable bonds is 9. The van der Waals surface area contributed by atoms with Crippen LogP contribution in [0.5, 0.6) is 17.2 Å². The summed E-state index contributed by atoms with van der Waals surface area (Å²) >= 11 is 0. The van der Waals surface area contributed by atoms with Gasteiger partial charge in [-0.25, -0.2) is 0 Å². The van der Waals surface area contributed by atoms with Crippen LogP contribution < -0.4 is 28.8 Å². The van der Waals surface area contributed by atoms with Gasteiger partial charge in [-0.2, -0.15) is 19.8 Å². The van der Waals surface area contributed by atoms with Gasteiger partial charge in [-0.15, -0.1) is 0 Å². The number of anilines is 3. The van der Waals surface area contributed by atoms with Crippen molar-refractivity contribution in [1.82, 2.24) is 0 Å². The van der Waals surface area contributed by atoms with E-state index in [4.69, 9.17) is 13.6 Å². The highest BCUT2D eigenvalue weighted by molar-refractivity contribution is 7.49. The molecule has 0 spiro atoms. The van der Waals surface area contributed by atoms with Crippen LogP contribution in [-0.4, -0.2) is 33.3 Å². The van der Waals surface area contributed by atoms with Crippen LogP contribution in [0.1, 0.15) is 20.8 Å². The van der Waals surface area contributed by atoms with E-state index in [2.05, 4.69) is 0 Å². The van der Waals surface area contributed by atoms with Gasteiger partial charge in [0, 0.05) is 20.8 Å². The molecule has 0 radical (unpaired) electrons. The van der Waals surface area contributed by atoms with E-state index in [0.717, 1.165) is 20.8 Å². The second kappa shape index (κ2) is 11.8. The molecule has 3 N–H and O–H groups in total. The van der Waals surface area contributed by atoms with Crippen LogP contribution in [0.2, 0.25) is 0 Å². The maximum atomic E-state index is 13.7. The van der Waals surface area contributed by atoms with E-state index in [9.17, 15) is 34.6 Å². The van der Waals surface area contributed by atoms with E-state index in [-0.39, 0.29) is 34.3 Å². The normalized spacial score (nSPS) is 10.8. The van der Waals surface area contributed by atoms with Crippen LogP contribution in [0, 0.1) is 0 Å². The lowest BCUT2D eigenvalue weighted by atomic mass is 10.3. The van der Waals surface area contributed by atoms with Crippen LogP contribution in [0.3, 0.4) is 0 Å². The summed E-state index contributed by atoms with van der Waals surface area (Å²) in [6.45, 7) is 3.49. The first kappa shape index (κ1) is 28.2. The highest BCUT2D eigenvalue weighted by Gasteiger charge is 2.33. The number of phosphoric acid groups is 1. The number of amides is 3. The Morgan fingerprint density at radius 3 is 0.921 bits per heavy atom. The highest BCUT2D eigenvalue weighted by Crippen LogP contribution is 2.50. The summed E-state index contributed by atoms with van der Waals surface area (Å²) in [5.74, 6) is -1.88. The Balaban J connectivity index is 1.88. The number of hydrogen-bond acceptors (Lipinski definition) is 10. The molecular weight excluding hydrogens is 521 g/mol. The Labute approximate surface area is 217 Å². The molecule has 3 aromatic carbocycles. The molecule has 38 heavy (non-hydrogen) atoms. The first-order chi connectivity index (χ1) is 17.9. The molecule has 0 saturated carbocycles. The molecule has 0 aliphatic rings. The fraction of sp³-hybridized carbons (Fsp3) is 0.125. The smallest absolute Gasteiger partial charge is 0.386 e. The number of nitrogens with zero attached hydrogens (tertiary/aromatic N) is 3. The maximum absolute atomic E-state index is 13.7. The zero-order valence-electron chi connectivity index (χ0n) is 20.4. The Bertz CT molecular complexity index is 1180. The third-order valence-electron chi connectivity index (χ3n) is 4.79. The first-order valence-corrected chi connectivity index (χ1v) is 12.3. The van der Waals surface area contributed by atoms with Crippen LogP contribution in [0.15, 0.2) is 72.8 Å². The molecule has 0 bridgehead atoms. The Hall–Kier alpha value is -4.42. The predicted molar refractivity (Wildman–Crippen MR) is 134 cm³/mol. The van der Waals surface area contributed by atoms with Crippen molar-refractivity contribution in [1.29, 1.82) is 0 Å². The van der Waals surface area contributed by atoms with Gasteiger partial charge < -0.3 is 13.6 Å². The SMILES string of the molecule is CC(=O)N(O)c1ccc(OP(=O)(Oc2ccc(N(O)C(C)=O)cc2)Oc2ccc(N(O)C(C)=O)cc2)cc1. The summed E-state index contributed by atoms with van der Waals surface area (Å²) in [7, 11) is -4.49. The van der Waals surface area contributed by atoms with Crippen LogP contribution >= 0.6 is 7.82 Å². The van der Waals surface area contributed by atoms with Crippen molar-refractivity contribution in [2.45, 2.75) is 20.8 Å². The molecule has 200 valence electrons.